The van der Waals surface area contributed by atoms with Crippen LogP contribution in [0.5, 0.6) is 5.75 Å². The van der Waals surface area contributed by atoms with E-state index < -0.39 is 0 Å². The van der Waals surface area contributed by atoms with Crippen molar-refractivity contribution >= 4 is 29.1 Å². The second-order valence-electron chi connectivity index (χ2n) is 4.50. The van der Waals surface area contributed by atoms with Gasteiger partial charge in [0.15, 0.2) is 6.61 Å². The van der Waals surface area contributed by atoms with Crippen LogP contribution in [-0.4, -0.2) is 32.1 Å². The summed E-state index contributed by atoms with van der Waals surface area (Å²) in [7, 11) is 0. The molecule has 0 aliphatic heterocycles. The summed E-state index contributed by atoms with van der Waals surface area (Å²) < 4.78 is 5.50. The maximum absolute atomic E-state index is 11.6. The van der Waals surface area contributed by atoms with Crippen LogP contribution < -0.4 is 15.4 Å². The molecule has 21 heavy (non-hydrogen) atoms. The summed E-state index contributed by atoms with van der Waals surface area (Å²) in [6, 6.07) is 13.9. The lowest BCUT2D eigenvalue weighted by Crippen LogP contribution is -2.34. The molecule has 0 bridgehead atoms. The summed E-state index contributed by atoms with van der Waals surface area (Å²) >= 11 is 0. The van der Waals surface area contributed by atoms with E-state index >= 15 is 0 Å². The van der Waals surface area contributed by atoms with E-state index in [0.29, 0.717) is 12.3 Å². The molecule has 0 saturated heterocycles. The van der Waals surface area contributed by atoms with Crippen LogP contribution in [0.15, 0.2) is 42.5 Å². The molecule has 0 aliphatic rings. The summed E-state index contributed by atoms with van der Waals surface area (Å²) in [5.74, 6) is 0.613. The van der Waals surface area contributed by atoms with E-state index in [1.807, 2.05) is 49.4 Å². The van der Waals surface area contributed by atoms with Crippen molar-refractivity contribution < 1.29 is 9.53 Å². The van der Waals surface area contributed by atoms with Gasteiger partial charge in [0.25, 0.3) is 5.91 Å². The lowest BCUT2D eigenvalue weighted by Gasteiger charge is -2.08. The first-order chi connectivity index (χ1) is 9.79. The minimum absolute atomic E-state index is 0. The van der Waals surface area contributed by atoms with Gasteiger partial charge in [-0.3, -0.25) is 4.79 Å². The highest BCUT2D eigenvalue weighted by molar-refractivity contribution is 5.85. The third-order valence-corrected chi connectivity index (χ3v) is 2.96. The second kappa shape index (κ2) is 9.21. The summed E-state index contributed by atoms with van der Waals surface area (Å²) in [6.45, 7) is 4.38. The van der Waals surface area contributed by atoms with Crippen molar-refractivity contribution in [1.82, 2.24) is 10.6 Å². The van der Waals surface area contributed by atoms with Gasteiger partial charge in [-0.25, -0.2) is 0 Å². The lowest BCUT2D eigenvalue weighted by atomic mass is 10.1. The number of amides is 1. The van der Waals surface area contributed by atoms with Gasteiger partial charge in [0.1, 0.15) is 5.75 Å². The molecule has 0 aromatic heterocycles. The number of carbonyl (C=O) groups excluding carboxylic acids is 1. The molecular weight excluding hydrogens is 288 g/mol. The maximum Gasteiger partial charge on any atom is 0.257 e. The van der Waals surface area contributed by atoms with Gasteiger partial charge in [-0.2, -0.15) is 0 Å². The van der Waals surface area contributed by atoms with Crippen molar-refractivity contribution in [3.05, 3.63) is 42.5 Å². The van der Waals surface area contributed by atoms with E-state index in [1.165, 1.54) is 0 Å². The Hall–Kier alpha value is -1.78. The SMILES string of the molecule is CCNCCNC(=O)COc1ccc2ccccc2c1.Cl. The molecule has 0 saturated carbocycles. The topological polar surface area (TPSA) is 50.4 Å². The number of halogens is 1. The number of carbonyl (C=O) groups is 1. The molecule has 1 amide bonds. The highest BCUT2D eigenvalue weighted by Crippen LogP contribution is 2.20. The predicted octanol–water partition coefficient (Wildman–Crippen LogP) is 2.37. The van der Waals surface area contributed by atoms with Crippen LogP contribution in [0.25, 0.3) is 10.8 Å². The van der Waals surface area contributed by atoms with E-state index in [2.05, 4.69) is 10.6 Å². The Morgan fingerprint density at radius 1 is 1.10 bits per heavy atom. The number of nitrogens with one attached hydrogen (secondary N) is 2. The Morgan fingerprint density at radius 3 is 2.62 bits per heavy atom. The Labute approximate surface area is 131 Å². The monoisotopic (exact) mass is 308 g/mol. The molecule has 2 N–H and O–H groups in total. The minimum atomic E-state index is -0.101. The predicted molar refractivity (Wildman–Crippen MR) is 88.2 cm³/mol. The molecule has 0 fully saturated rings. The van der Waals surface area contributed by atoms with E-state index in [4.69, 9.17) is 4.74 Å². The smallest absolute Gasteiger partial charge is 0.257 e. The Balaban J connectivity index is 0.00000220. The van der Waals surface area contributed by atoms with Crippen molar-refractivity contribution in [2.45, 2.75) is 6.92 Å². The Bertz CT molecular complexity index is 575. The molecule has 2 rings (SSSR count). The quantitative estimate of drug-likeness (QED) is 0.772. The third kappa shape index (κ3) is 5.61. The van der Waals surface area contributed by atoms with Crippen molar-refractivity contribution in [1.29, 1.82) is 0 Å². The average molecular weight is 309 g/mol. The normalized spacial score (nSPS) is 9.95. The third-order valence-electron chi connectivity index (χ3n) is 2.96. The second-order valence-corrected chi connectivity index (χ2v) is 4.50. The van der Waals surface area contributed by atoms with Gasteiger partial charge in [-0.05, 0) is 29.4 Å². The lowest BCUT2D eigenvalue weighted by molar-refractivity contribution is -0.123. The number of hydrogen-bond acceptors (Lipinski definition) is 3. The number of fused-ring (bicyclic) bond motifs is 1. The summed E-state index contributed by atoms with van der Waals surface area (Å²) in [5.41, 5.74) is 0. The number of benzene rings is 2. The van der Waals surface area contributed by atoms with Crippen LogP contribution in [0, 0.1) is 0 Å². The first-order valence-corrected chi connectivity index (χ1v) is 6.88. The van der Waals surface area contributed by atoms with Crippen molar-refractivity contribution in [3.8, 4) is 5.75 Å². The summed E-state index contributed by atoms with van der Waals surface area (Å²) in [5, 5.41) is 8.21. The molecule has 114 valence electrons. The molecule has 4 nitrogen and oxygen atoms in total. The highest BCUT2D eigenvalue weighted by Gasteiger charge is 2.02. The zero-order chi connectivity index (χ0) is 14.2. The number of rotatable bonds is 7. The molecule has 5 heteroatoms. The minimum Gasteiger partial charge on any atom is -0.484 e. The van der Waals surface area contributed by atoms with Gasteiger partial charge in [-0.15, -0.1) is 12.4 Å². The van der Waals surface area contributed by atoms with E-state index in [0.717, 1.165) is 23.9 Å². The number of ether oxygens (including phenoxy) is 1. The van der Waals surface area contributed by atoms with E-state index in [-0.39, 0.29) is 24.9 Å². The molecule has 0 radical (unpaired) electrons. The van der Waals surface area contributed by atoms with Crippen LogP contribution in [0.4, 0.5) is 0 Å². The Morgan fingerprint density at radius 2 is 1.86 bits per heavy atom. The summed E-state index contributed by atoms with van der Waals surface area (Å²) in [6.07, 6.45) is 0. The molecule has 0 atom stereocenters. The fourth-order valence-electron chi connectivity index (χ4n) is 1.92. The maximum atomic E-state index is 11.6. The van der Waals surface area contributed by atoms with Gasteiger partial charge >= 0.3 is 0 Å². The molecule has 0 heterocycles. The van der Waals surface area contributed by atoms with Gasteiger partial charge in [0.05, 0.1) is 0 Å². The Kier molecular flexibility index (Phi) is 7.58. The molecule has 2 aromatic carbocycles. The van der Waals surface area contributed by atoms with Crippen molar-refractivity contribution in [2.24, 2.45) is 0 Å². The largest absolute Gasteiger partial charge is 0.484 e. The zero-order valence-electron chi connectivity index (χ0n) is 12.1. The zero-order valence-corrected chi connectivity index (χ0v) is 12.9. The number of likely N-dealkylation sites (N-methyl/N-ethyl adjacent to an activating group) is 1. The first kappa shape index (κ1) is 17.3. The van der Waals surface area contributed by atoms with Crippen molar-refractivity contribution in [3.63, 3.8) is 0 Å². The standard InChI is InChI=1S/C16H20N2O2.ClH/c1-2-17-9-10-18-16(19)12-20-15-8-7-13-5-3-4-6-14(13)11-15;/h3-8,11,17H,2,9-10,12H2,1H3,(H,18,19);1H. The fourth-order valence-corrected chi connectivity index (χ4v) is 1.92. The van der Waals surface area contributed by atoms with E-state index in [9.17, 15) is 4.79 Å². The molecule has 0 unspecified atom stereocenters. The number of hydrogen-bond donors (Lipinski definition) is 2. The highest BCUT2D eigenvalue weighted by atomic mass is 35.5. The average Bonchev–Trinajstić information content (AvgIpc) is 2.49. The first-order valence-electron chi connectivity index (χ1n) is 6.88. The van der Waals surface area contributed by atoms with Crippen molar-refractivity contribution in [2.75, 3.05) is 26.2 Å². The van der Waals surface area contributed by atoms with Crippen LogP contribution >= 0.6 is 12.4 Å². The molecule has 0 aliphatic carbocycles. The fraction of sp³-hybridized carbons (Fsp3) is 0.312. The molecule has 2 aromatic rings. The van der Waals surface area contributed by atoms with Gasteiger partial charge in [-0.1, -0.05) is 37.3 Å². The summed E-state index contributed by atoms with van der Waals surface area (Å²) in [4.78, 5) is 11.6. The van der Waals surface area contributed by atoms with Crippen LogP contribution in [-0.2, 0) is 4.79 Å². The van der Waals surface area contributed by atoms with Crippen LogP contribution in [0.1, 0.15) is 6.92 Å². The van der Waals surface area contributed by atoms with Gasteiger partial charge in [0.2, 0.25) is 0 Å². The van der Waals surface area contributed by atoms with Gasteiger partial charge < -0.3 is 15.4 Å². The molecular formula is C16H21ClN2O2. The van der Waals surface area contributed by atoms with Crippen LogP contribution in [0.3, 0.4) is 0 Å². The molecule has 0 spiro atoms. The van der Waals surface area contributed by atoms with E-state index in [1.54, 1.807) is 0 Å². The van der Waals surface area contributed by atoms with Crippen LogP contribution in [0.2, 0.25) is 0 Å². The van der Waals surface area contributed by atoms with Gasteiger partial charge in [0, 0.05) is 13.1 Å².